The summed E-state index contributed by atoms with van der Waals surface area (Å²) in [6, 6.07) is 9.35. The summed E-state index contributed by atoms with van der Waals surface area (Å²) in [5, 5.41) is 1.44. The lowest BCUT2D eigenvalue weighted by molar-refractivity contribution is 0.198. The van der Waals surface area contributed by atoms with E-state index < -0.39 is 0 Å². The van der Waals surface area contributed by atoms with E-state index in [0.717, 1.165) is 6.54 Å². The van der Waals surface area contributed by atoms with Crippen LogP contribution in [0.2, 0.25) is 0 Å². The molecule has 2 heteroatoms. The average molecular weight is 294 g/mol. The molecule has 0 unspecified atom stereocenters. The molecular weight excluding hydrogens is 268 g/mol. The minimum atomic E-state index is 0.303. The van der Waals surface area contributed by atoms with Gasteiger partial charge in [0.15, 0.2) is 0 Å². The zero-order valence-electron chi connectivity index (χ0n) is 13.9. The van der Waals surface area contributed by atoms with E-state index in [1.807, 2.05) is 0 Å². The SMILES string of the molecule is CC(C)(C)C1=CCN2CCc3c([nH]c4ccccc34)[C@@H]2CC1. The molecule has 2 nitrogen and oxygen atoms in total. The minimum absolute atomic E-state index is 0.303. The molecule has 0 saturated heterocycles. The van der Waals surface area contributed by atoms with Gasteiger partial charge in [-0.1, -0.05) is 50.6 Å². The maximum atomic E-state index is 3.73. The number of aromatic amines is 1. The van der Waals surface area contributed by atoms with Crippen molar-refractivity contribution in [3.05, 3.63) is 47.2 Å². The van der Waals surface area contributed by atoms with Gasteiger partial charge in [-0.2, -0.15) is 0 Å². The van der Waals surface area contributed by atoms with Gasteiger partial charge in [0.2, 0.25) is 0 Å². The first-order valence-corrected chi connectivity index (χ1v) is 8.57. The zero-order chi connectivity index (χ0) is 15.3. The molecule has 0 aliphatic carbocycles. The Morgan fingerprint density at radius 3 is 2.77 bits per heavy atom. The van der Waals surface area contributed by atoms with Crippen molar-refractivity contribution in [1.82, 2.24) is 9.88 Å². The van der Waals surface area contributed by atoms with Crippen LogP contribution >= 0.6 is 0 Å². The first-order valence-electron chi connectivity index (χ1n) is 8.57. The van der Waals surface area contributed by atoms with Gasteiger partial charge in [-0.25, -0.2) is 0 Å². The van der Waals surface area contributed by atoms with Crippen LogP contribution in [0.3, 0.4) is 0 Å². The molecule has 0 fully saturated rings. The Balaban J connectivity index is 1.71. The summed E-state index contributed by atoms with van der Waals surface area (Å²) in [5.74, 6) is 0. The van der Waals surface area contributed by atoms with Crippen LogP contribution < -0.4 is 0 Å². The van der Waals surface area contributed by atoms with Crippen LogP contribution in [0.5, 0.6) is 0 Å². The molecule has 1 aromatic heterocycles. The summed E-state index contributed by atoms with van der Waals surface area (Å²) in [6.45, 7) is 9.33. The van der Waals surface area contributed by atoms with Gasteiger partial charge in [0, 0.05) is 29.7 Å². The Morgan fingerprint density at radius 1 is 1.14 bits per heavy atom. The third-order valence-corrected chi connectivity index (χ3v) is 5.49. The predicted molar refractivity (Wildman–Crippen MR) is 93.1 cm³/mol. The van der Waals surface area contributed by atoms with E-state index >= 15 is 0 Å². The number of hydrogen-bond donors (Lipinski definition) is 1. The number of nitrogens with zero attached hydrogens (tertiary/aromatic N) is 1. The molecule has 0 spiro atoms. The zero-order valence-corrected chi connectivity index (χ0v) is 13.9. The van der Waals surface area contributed by atoms with Crippen molar-refractivity contribution < 1.29 is 0 Å². The molecule has 1 N–H and O–H groups in total. The van der Waals surface area contributed by atoms with Crippen molar-refractivity contribution in [2.24, 2.45) is 5.41 Å². The topological polar surface area (TPSA) is 19.0 Å². The molecule has 1 aromatic carbocycles. The third-order valence-electron chi connectivity index (χ3n) is 5.49. The van der Waals surface area contributed by atoms with E-state index in [2.05, 4.69) is 61.0 Å². The van der Waals surface area contributed by atoms with Gasteiger partial charge in [-0.3, -0.25) is 4.90 Å². The first-order chi connectivity index (χ1) is 10.5. The van der Waals surface area contributed by atoms with Crippen LogP contribution in [0.25, 0.3) is 10.9 Å². The normalized spacial score (nSPS) is 22.9. The van der Waals surface area contributed by atoms with Crippen LogP contribution in [-0.4, -0.2) is 23.0 Å². The molecule has 22 heavy (non-hydrogen) atoms. The second-order valence-electron chi connectivity index (χ2n) is 7.84. The molecule has 3 heterocycles. The van der Waals surface area contributed by atoms with Gasteiger partial charge < -0.3 is 4.98 Å². The van der Waals surface area contributed by atoms with Gasteiger partial charge in [0.05, 0.1) is 6.04 Å². The van der Waals surface area contributed by atoms with E-state index in [1.54, 1.807) is 11.1 Å². The largest absolute Gasteiger partial charge is 0.357 e. The number of para-hydroxylation sites is 1. The van der Waals surface area contributed by atoms with Gasteiger partial charge in [-0.15, -0.1) is 0 Å². The molecule has 2 aromatic rings. The summed E-state index contributed by atoms with van der Waals surface area (Å²) in [7, 11) is 0. The van der Waals surface area contributed by atoms with Crippen molar-refractivity contribution in [2.75, 3.05) is 13.1 Å². The Bertz CT molecular complexity index is 730. The molecule has 0 bridgehead atoms. The smallest absolute Gasteiger partial charge is 0.0508 e. The molecule has 2 aliphatic rings. The van der Waals surface area contributed by atoms with Gasteiger partial charge >= 0.3 is 0 Å². The van der Waals surface area contributed by atoms with Gasteiger partial charge in [-0.05, 0) is 36.3 Å². The van der Waals surface area contributed by atoms with Crippen molar-refractivity contribution >= 4 is 10.9 Å². The quantitative estimate of drug-likeness (QED) is 0.689. The number of benzene rings is 1. The fourth-order valence-electron chi connectivity index (χ4n) is 4.22. The van der Waals surface area contributed by atoms with E-state index in [0.29, 0.717) is 11.5 Å². The highest BCUT2D eigenvalue weighted by molar-refractivity contribution is 5.85. The van der Waals surface area contributed by atoms with E-state index in [9.17, 15) is 0 Å². The standard InChI is InChI=1S/C20H26N2/c1-20(2,3)14-8-9-18-19-16(11-13-22(18)12-10-14)15-6-4-5-7-17(15)21-19/h4-7,10,18,21H,8-9,11-13H2,1-3H3/t18-/m0/s1. The lowest BCUT2D eigenvalue weighted by atomic mass is 9.83. The first kappa shape index (κ1) is 14.1. The molecule has 0 saturated carbocycles. The van der Waals surface area contributed by atoms with Crippen LogP contribution in [0, 0.1) is 5.41 Å². The van der Waals surface area contributed by atoms with E-state index in [-0.39, 0.29) is 0 Å². The third kappa shape index (κ3) is 2.21. The molecule has 2 aliphatic heterocycles. The Morgan fingerprint density at radius 2 is 1.95 bits per heavy atom. The van der Waals surface area contributed by atoms with Crippen LogP contribution in [0.4, 0.5) is 0 Å². The summed E-state index contributed by atoms with van der Waals surface area (Å²) < 4.78 is 0. The highest BCUT2D eigenvalue weighted by Gasteiger charge is 2.32. The van der Waals surface area contributed by atoms with Crippen LogP contribution in [0.1, 0.15) is 50.9 Å². The maximum Gasteiger partial charge on any atom is 0.0508 e. The van der Waals surface area contributed by atoms with Crippen molar-refractivity contribution in [3.63, 3.8) is 0 Å². The number of aromatic nitrogens is 1. The molecule has 116 valence electrons. The number of hydrogen-bond acceptors (Lipinski definition) is 1. The summed E-state index contributed by atoms with van der Waals surface area (Å²) in [5.41, 5.74) is 6.28. The predicted octanol–water partition coefficient (Wildman–Crippen LogP) is 4.83. The summed E-state index contributed by atoms with van der Waals surface area (Å²) >= 11 is 0. The monoisotopic (exact) mass is 294 g/mol. The summed E-state index contributed by atoms with van der Waals surface area (Å²) in [6.07, 6.45) is 6.13. The number of allylic oxidation sites excluding steroid dienone is 1. The van der Waals surface area contributed by atoms with Crippen molar-refractivity contribution in [2.45, 2.75) is 46.1 Å². The molecule has 0 amide bonds. The van der Waals surface area contributed by atoms with Gasteiger partial charge in [0.25, 0.3) is 0 Å². The second-order valence-corrected chi connectivity index (χ2v) is 7.84. The number of nitrogens with one attached hydrogen (secondary N) is 1. The molecule has 0 radical (unpaired) electrons. The lowest BCUT2D eigenvalue weighted by Crippen LogP contribution is -2.34. The van der Waals surface area contributed by atoms with Crippen LogP contribution in [0.15, 0.2) is 35.9 Å². The van der Waals surface area contributed by atoms with Gasteiger partial charge in [0.1, 0.15) is 0 Å². The van der Waals surface area contributed by atoms with E-state index in [1.165, 1.54) is 42.4 Å². The van der Waals surface area contributed by atoms with Crippen molar-refractivity contribution in [3.8, 4) is 0 Å². The average Bonchev–Trinajstić information content (AvgIpc) is 2.70. The number of H-pyrrole nitrogens is 1. The fraction of sp³-hybridized carbons (Fsp3) is 0.500. The van der Waals surface area contributed by atoms with Crippen LogP contribution in [-0.2, 0) is 6.42 Å². The molecule has 4 rings (SSSR count). The Kier molecular flexibility index (Phi) is 3.19. The lowest BCUT2D eigenvalue weighted by Gasteiger charge is -2.34. The summed E-state index contributed by atoms with van der Waals surface area (Å²) in [4.78, 5) is 6.39. The maximum absolute atomic E-state index is 3.73. The number of rotatable bonds is 0. The molecular formula is C20H26N2. The van der Waals surface area contributed by atoms with E-state index in [4.69, 9.17) is 0 Å². The highest BCUT2D eigenvalue weighted by atomic mass is 15.2. The second kappa shape index (κ2) is 4.99. The Labute approximate surface area is 133 Å². The molecule has 1 atom stereocenters. The van der Waals surface area contributed by atoms with Crippen molar-refractivity contribution in [1.29, 1.82) is 0 Å². The Hall–Kier alpha value is -1.54. The number of fused-ring (bicyclic) bond motifs is 5. The minimum Gasteiger partial charge on any atom is -0.357 e. The fourth-order valence-corrected chi connectivity index (χ4v) is 4.22. The highest BCUT2D eigenvalue weighted by Crippen LogP contribution is 2.41.